The van der Waals surface area contributed by atoms with Crippen molar-refractivity contribution in [1.82, 2.24) is 19.9 Å². The van der Waals surface area contributed by atoms with Crippen molar-refractivity contribution in [2.75, 3.05) is 0 Å². The summed E-state index contributed by atoms with van der Waals surface area (Å²) >= 11 is 1.70. The smallest absolute Gasteiger partial charge is 0.140 e. The number of hydrogen-bond acceptors (Lipinski definition) is 4. The molecule has 0 amide bonds. The van der Waals surface area contributed by atoms with Crippen molar-refractivity contribution < 1.29 is 0 Å². The normalized spacial score (nSPS) is 11.0. The van der Waals surface area contributed by atoms with Crippen LogP contribution in [0.4, 0.5) is 0 Å². The molecule has 118 valence electrons. The van der Waals surface area contributed by atoms with Gasteiger partial charge in [-0.15, -0.1) is 11.8 Å². The van der Waals surface area contributed by atoms with E-state index < -0.39 is 0 Å². The van der Waals surface area contributed by atoms with Crippen LogP contribution in [0.25, 0.3) is 22.4 Å². The molecule has 1 aromatic carbocycles. The first-order chi connectivity index (χ1) is 11.8. The maximum Gasteiger partial charge on any atom is 0.140 e. The zero-order valence-electron chi connectivity index (χ0n) is 13.2. The maximum atomic E-state index is 4.64. The number of nitrogens with zero attached hydrogens (tertiary/aromatic N) is 3. The van der Waals surface area contributed by atoms with Crippen molar-refractivity contribution in [1.29, 1.82) is 0 Å². The molecule has 4 nitrogen and oxygen atoms in total. The fraction of sp³-hybridized carbons (Fsp3) is 0.105. The zero-order valence-corrected chi connectivity index (χ0v) is 14.0. The molecule has 0 aliphatic carbocycles. The van der Waals surface area contributed by atoms with E-state index in [1.54, 1.807) is 18.0 Å². The summed E-state index contributed by atoms with van der Waals surface area (Å²) in [6.07, 6.45) is 5.55. The minimum atomic E-state index is 0.854. The van der Waals surface area contributed by atoms with Crippen LogP contribution in [0.1, 0.15) is 11.1 Å². The minimum Gasteiger partial charge on any atom is -0.338 e. The Morgan fingerprint density at radius 1 is 1.08 bits per heavy atom. The van der Waals surface area contributed by atoms with Crippen molar-refractivity contribution >= 4 is 22.8 Å². The predicted octanol–water partition coefficient (Wildman–Crippen LogP) is 4.62. The number of aryl methyl sites for hydroxylation is 1. The van der Waals surface area contributed by atoms with Gasteiger partial charge in [0.25, 0.3) is 0 Å². The highest BCUT2D eigenvalue weighted by Gasteiger charge is 2.06. The number of nitrogens with one attached hydrogen (secondary N) is 1. The molecule has 0 fully saturated rings. The lowest BCUT2D eigenvalue weighted by Crippen LogP contribution is -1.86. The summed E-state index contributed by atoms with van der Waals surface area (Å²) in [4.78, 5) is 16.7. The number of hydrogen-bond donors (Lipinski definition) is 1. The fourth-order valence-corrected chi connectivity index (χ4v) is 3.28. The molecule has 5 heteroatoms. The number of H-pyrrole nitrogens is 1. The predicted molar refractivity (Wildman–Crippen MR) is 97.9 cm³/mol. The van der Waals surface area contributed by atoms with E-state index in [1.165, 1.54) is 11.1 Å². The van der Waals surface area contributed by atoms with E-state index in [9.17, 15) is 0 Å². The van der Waals surface area contributed by atoms with Crippen molar-refractivity contribution in [2.24, 2.45) is 0 Å². The molecule has 4 aromatic rings. The summed E-state index contributed by atoms with van der Waals surface area (Å²) in [6, 6.07) is 14.3. The standard InChI is InChI=1S/C19H16N4S/c1-13-4-6-16-17(9-13)23-19(22-16)15-5-7-18(21-11-15)24-12-14-3-2-8-20-10-14/h2-11H,12H2,1H3,(H,22,23). The third-order valence-corrected chi connectivity index (χ3v) is 4.77. The first-order valence-electron chi connectivity index (χ1n) is 7.72. The Bertz CT molecular complexity index is 962. The van der Waals surface area contributed by atoms with E-state index >= 15 is 0 Å². The van der Waals surface area contributed by atoms with Gasteiger partial charge in [-0.3, -0.25) is 4.98 Å². The first kappa shape index (κ1) is 14.9. The number of aromatic amines is 1. The number of benzene rings is 1. The number of fused-ring (bicyclic) bond motifs is 1. The molecule has 3 heterocycles. The second-order valence-corrected chi connectivity index (χ2v) is 6.64. The number of pyridine rings is 2. The van der Waals surface area contributed by atoms with Gasteiger partial charge in [0, 0.05) is 29.9 Å². The lowest BCUT2D eigenvalue weighted by atomic mass is 10.2. The van der Waals surface area contributed by atoms with Crippen LogP contribution < -0.4 is 0 Å². The number of rotatable bonds is 4. The second-order valence-electron chi connectivity index (χ2n) is 5.64. The summed E-state index contributed by atoms with van der Waals surface area (Å²) in [6.45, 7) is 2.08. The van der Waals surface area contributed by atoms with Gasteiger partial charge in [0.2, 0.25) is 0 Å². The first-order valence-corrected chi connectivity index (χ1v) is 8.71. The van der Waals surface area contributed by atoms with E-state index in [2.05, 4.69) is 51.1 Å². The van der Waals surface area contributed by atoms with Gasteiger partial charge in [0.15, 0.2) is 0 Å². The topological polar surface area (TPSA) is 54.5 Å². The van der Waals surface area contributed by atoms with Crippen LogP contribution in [-0.4, -0.2) is 19.9 Å². The summed E-state index contributed by atoms with van der Waals surface area (Å²) < 4.78 is 0. The lowest BCUT2D eigenvalue weighted by Gasteiger charge is -2.02. The SMILES string of the molecule is Cc1ccc2nc(-c3ccc(SCc4cccnc4)nc3)[nH]c2c1. The molecule has 0 atom stereocenters. The van der Waals surface area contributed by atoms with E-state index in [4.69, 9.17) is 0 Å². The Hall–Kier alpha value is -2.66. The van der Waals surface area contributed by atoms with Crippen molar-refractivity contribution in [3.8, 4) is 11.4 Å². The highest BCUT2D eigenvalue weighted by Crippen LogP contribution is 2.24. The number of imidazole rings is 1. The van der Waals surface area contributed by atoms with E-state index in [1.807, 2.05) is 30.6 Å². The molecule has 0 saturated carbocycles. The van der Waals surface area contributed by atoms with Crippen LogP contribution in [-0.2, 0) is 5.75 Å². The fourth-order valence-electron chi connectivity index (χ4n) is 2.51. The third kappa shape index (κ3) is 3.16. The molecule has 1 N–H and O–H groups in total. The third-order valence-electron chi connectivity index (χ3n) is 3.76. The highest BCUT2D eigenvalue weighted by atomic mass is 32.2. The van der Waals surface area contributed by atoms with Gasteiger partial charge < -0.3 is 4.98 Å². The summed E-state index contributed by atoms with van der Waals surface area (Å²) in [7, 11) is 0. The van der Waals surface area contributed by atoms with E-state index in [0.717, 1.165) is 33.2 Å². The van der Waals surface area contributed by atoms with Gasteiger partial charge >= 0.3 is 0 Å². The average molecular weight is 332 g/mol. The zero-order chi connectivity index (χ0) is 16.4. The van der Waals surface area contributed by atoms with Gasteiger partial charge in [0.05, 0.1) is 16.1 Å². The molecular formula is C19H16N4S. The Balaban J connectivity index is 1.52. The van der Waals surface area contributed by atoms with Crippen molar-refractivity contribution in [3.63, 3.8) is 0 Å². The van der Waals surface area contributed by atoms with Crippen LogP contribution in [0.3, 0.4) is 0 Å². The van der Waals surface area contributed by atoms with Gasteiger partial charge in [-0.05, 0) is 48.4 Å². The molecule has 0 saturated heterocycles. The molecule has 4 rings (SSSR count). The van der Waals surface area contributed by atoms with Gasteiger partial charge in [-0.25, -0.2) is 9.97 Å². The number of aromatic nitrogens is 4. The molecule has 0 radical (unpaired) electrons. The lowest BCUT2D eigenvalue weighted by molar-refractivity contribution is 1.12. The minimum absolute atomic E-state index is 0.854. The Morgan fingerprint density at radius 3 is 2.83 bits per heavy atom. The number of thioether (sulfide) groups is 1. The quantitative estimate of drug-likeness (QED) is 0.554. The van der Waals surface area contributed by atoms with Gasteiger partial charge in [-0.2, -0.15) is 0 Å². The van der Waals surface area contributed by atoms with Crippen LogP contribution >= 0.6 is 11.8 Å². The highest BCUT2D eigenvalue weighted by molar-refractivity contribution is 7.98. The second kappa shape index (κ2) is 6.45. The van der Waals surface area contributed by atoms with Crippen LogP contribution in [0.2, 0.25) is 0 Å². The molecule has 3 aromatic heterocycles. The molecule has 0 unspecified atom stereocenters. The van der Waals surface area contributed by atoms with Gasteiger partial charge in [-0.1, -0.05) is 12.1 Å². The molecular weight excluding hydrogens is 316 g/mol. The Kier molecular flexibility index (Phi) is 4.01. The monoisotopic (exact) mass is 332 g/mol. The molecule has 0 spiro atoms. The van der Waals surface area contributed by atoms with E-state index in [0.29, 0.717) is 0 Å². The summed E-state index contributed by atoms with van der Waals surface area (Å²) in [5.41, 5.74) is 5.44. The van der Waals surface area contributed by atoms with Crippen molar-refractivity contribution in [2.45, 2.75) is 17.7 Å². The van der Waals surface area contributed by atoms with Crippen LogP contribution in [0, 0.1) is 6.92 Å². The van der Waals surface area contributed by atoms with Crippen molar-refractivity contribution in [3.05, 3.63) is 72.2 Å². The molecule has 0 bridgehead atoms. The molecule has 0 aliphatic rings. The summed E-state index contributed by atoms with van der Waals surface area (Å²) in [5, 5.41) is 0.995. The Morgan fingerprint density at radius 2 is 2.04 bits per heavy atom. The van der Waals surface area contributed by atoms with Gasteiger partial charge in [0.1, 0.15) is 5.82 Å². The summed E-state index contributed by atoms with van der Waals surface area (Å²) in [5.74, 6) is 1.72. The average Bonchev–Trinajstić information content (AvgIpc) is 3.04. The Labute approximate surface area is 144 Å². The van der Waals surface area contributed by atoms with Crippen LogP contribution in [0.15, 0.2) is 66.1 Å². The van der Waals surface area contributed by atoms with Crippen LogP contribution in [0.5, 0.6) is 0 Å². The maximum absolute atomic E-state index is 4.64. The largest absolute Gasteiger partial charge is 0.338 e. The molecule has 24 heavy (non-hydrogen) atoms. The molecule has 0 aliphatic heterocycles. The van der Waals surface area contributed by atoms with E-state index in [-0.39, 0.29) is 0 Å².